The first kappa shape index (κ1) is 42.2. The van der Waals surface area contributed by atoms with Crippen LogP contribution in [0.15, 0.2) is 53.6 Å². The van der Waals surface area contributed by atoms with Crippen LogP contribution < -0.4 is 15.8 Å². The fraction of sp³-hybridized carbons (Fsp3) is 0.429. The summed E-state index contributed by atoms with van der Waals surface area (Å²) >= 11 is 6.20. The Labute approximate surface area is 362 Å². The van der Waals surface area contributed by atoms with Crippen LogP contribution in [0, 0.1) is 12.3 Å². The first-order valence-corrected chi connectivity index (χ1v) is 20.7. The van der Waals surface area contributed by atoms with Crippen molar-refractivity contribution in [2.45, 2.75) is 58.0 Å². The van der Waals surface area contributed by atoms with Crippen molar-refractivity contribution in [1.82, 2.24) is 38.9 Å². The van der Waals surface area contributed by atoms with Gasteiger partial charge in [0.05, 0.1) is 58.0 Å². The van der Waals surface area contributed by atoms with Crippen LogP contribution in [-0.2, 0) is 37.4 Å². The summed E-state index contributed by atoms with van der Waals surface area (Å²) in [6, 6.07) is 10.1. The number of rotatable bonds is 7. The number of aromatic hydroxyl groups is 1. The minimum Gasteiger partial charge on any atom is -0.504 e. The normalized spacial score (nSPS) is 19.3. The number of amides is 3. The number of nitrogens with zero attached hydrogens (tertiary/aromatic N) is 9. The summed E-state index contributed by atoms with van der Waals surface area (Å²) < 4.78 is 54.6. The summed E-state index contributed by atoms with van der Waals surface area (Å²) in [5, 5.41) is 17.4. The number of anilines is 2. The third-order valence-electron chi connectivity index (χ3n) is 12.4. The van der Waals surface area contributed by atoms with Gasteiger partial charge < -0.3 is 39.2 Å². The van der Waals surface area contributed by atoms with Crippen molar-refractivity contribution in [2.24, 2.45) is 5.41 Å². The minimum absolute atomic E-state index is 0.0209. The predicted molar refractivity (Wildman–Crippen MR) is 220 cm³/mol. The molecule has 5 aromatic rings. The van der Waals surface area contributed by atoms with Gasteiger partial charge in [-0.1, -0.05) is 11.6 Å². The van der Waals surface area contributed by atoms with E-state index in [0.717, 1.165) is 28.4 Å². The number of fused-ring (bicyclic) bond motifs is 3. The Balaban J connectivity index is 1.03. The molecular formula is C42H42ClF3N10O7. The maximum atomic E-state index is 14.7. The van der Waals surface area contributed by atoms with Crippen molar-refractivity contribution < 1.29 is 42.1 Å². The third kappa shape index (κ3) is 7.42. The van der Waals surface area contributed by atoms with Gasteiger partial charge in [0.25, 0.3) is 11.5 Å². The molecule has 17 nitrogen and oxygen atoms in total. The van der Waals surface area contributed by atoms with E-state index in [4.69, 9.17) is 26.1 Å². The van der Waals surface area contributed by atoms with E-state index < -0.39 is 52.8 Å². The number of aromatic nitrogens is 6. The molecule has 9 rings (SSSR count). The Kier molecular flexibility index (Phi) is 10.4. The molecular weight excluding hydrogens is 849 g/mol. The van der Waals surface area contributed by atoms with Crippen LogP contribution in [0.3, 0.4) is 0 Å². The van der Waals surface area contributed by atoms with Gasteiger partial charge in [-0.3, -0.25) is 19.2 Å². The molecule has 4 aliphatic rings. The largest absolute Gasteiger partial charge is 0.504 e. The van der Waals surface area contributed by atoms with E-state index >= 15 is 0 Å². The fourth-order valence-electron chi connectivity index (χ4n) is 8.90. The Morgan fingerprint density at radius 3 is 2.32 bits per heavy atom. The zero-order chi connectivity index (χ0) is 44.6. The van der Waals surface area contributed by atoms with Gasteiger partial charge in [0, 0.05) is 50.5 Å². The van der Waals surface area contributed by atoms with Crippen molar-refractivity contribution in [3.05, 3.63) is 92.4 Å². The lowest BCUT2D eigenvalue weighted by Crippen LogP contribution is -2.58. The second kappa shape index (κ2) is 15.6. The molecule has 0 unspecified atom stereocenters. The SMILES string of the molecule is Cc1ncnc(C(=O)N2CCC3(CC2)O[C@H](C)c2c3c(=O)n3nc(-c4ccc(N5CCN(C(=O)C6(C)COC6)CC5)cc4)nc3n2CC(=O)Nc2ccc(C(F)(F)F)cc2Cl)c1O. The summed E-state index contributed by atoms with van der Waals surface area (Å²) in [5.41, 5.74) is -1.04. The lowest BCUT2D eigenvalue weighted by molar-refractivity contribution is -0.169. The van der Waals surface area contributed by atoms with E-state index in [2.05, 4.69) is 25.3 Å². The van der Waals surface area contributed by atoms with Gasteiger partial charge in [0.15, 0.2) is 17.3 Å². The van der Waals surface area contributed by atoms with Crippen LogP contribution in [0.5, 0.6) is 5.75 Å². The molecule has 2 N–H and O–H groups in total. The highest BCUT2D eigenvalue weighted by atomic mass is 35.5. The van der Waals surface area contributed by atoms with Crippen molar-refractivity contribution in [1.29, 1.82) is 0 Å². The lowest BCUT2D eigenvalue weighted by Gasteiger charge is -2.43. The molecule has 21 heteroatoms. The predicted octanol–water partition coefficient (Wildman–Crippen LogP) is 4.58. The first-order valence-electron chi connectivity index (χ1n) is 20.4. The Morgan fingerprint density at radius 1 is 0.984 bits per heavy atom. The first-order chi connectivity index (χ1) is 30.0. The van der Waals surface area contributed by atoms with Crippen molar-refractivity contribution in [3.63, 3.8) is 0 Å². The van der Waals surface area contributed by atoms with Gasteiger partial charge in [-0.25, -0.2) is 9.97 Å². The van der Waals surface area contributed by atoms with E-state index in [0.29, 0.717) is 50.7 Å². The molecule has 0 saturated carbocycles. The number of benzene rings is 2. The summed E-state index contributed by atoms with van der Waals surface area (Å²) in [6.07, 6.45) is -3.85. The van der Waals surface area contributed by atoms with Gasteiger partial charge >= 0.3 is 6.18 Å². The molecule has 3 aromatic heterocycles. The number of hydrogen-bond acceptors (Lipinski definition) is 12. The number of ether oxygens (including phenoxy) is 2. The van der Waals surface area contributed by atoms with Gasteiger partial charge in [-0.05, 0) is 76.1 Å². The Hall–Kier alpha value is -6.12. The zero-order valence-corrected chi connectivity index (χ0v) is 35.2. The highest BCUT2D eigenvalue weighted by molar-refractivity contribution is 6.33. The fourth-order valence-corrected chi connectivity index (χ4v) is 9.12. The van der Waals surface area contributed by atoms with Gasteiger partial charge in [-0.15, -0.1) is 5.10 Å². The molecule has 330 valence electrons. The second-order valence-corrected chi connectivity index (χ2v) is 17.0. The van der Waals surface area contributed by atoms with E-state index in [-0.39, 0.29) is 76.9 Å². The molecule has 0 radical (unpaired) electrons. The second-order valence-electron chi connectivity index (χ2n) is 16.6. The molecule has 1 atom stereocenters. The monoisotopic (exact) mass is 890 g/mol. The highest BCUT2D eigenvalue weighted by Crippen LogP contribution is 2.48. The van der Waals surface area contributed by atoms with E-state index in [9.17, 15) is 37.5 Å². The molecule has 0 aliphatic carbocycles. The van der Waals surface area contributed by atoms with E-state index in [1.54, 1.807) is 13.8 Å². The van der Waals surface area contributed by atoms with Crippen molar-refractivity contribution >= 4 is 46.5 Å². The standard InChI is InChI=1S/C42H42ClF3N10O7/c1-23-34(58)32(48-22-47-23)37(60)53-12-10-41(11-13-53)31-33(24(2)63-41)55(19-30(57)49-29-9-6-26(18-28(29)43)42(44,45)46)39-50-35(51-56(39)36(31)59)25-4-7-27(8-5-25)52-14-16-54(17-15-52)38(61)40(3)20-62-21-40/h4-9,18,22,24,58H,10-17,19-21H2,1-3H3,(H,49,57)/t24-/m1/s1. The van der Waals surface area contributed by atoms with Crippen LogP contribution in [0.1, 0.15) is 65.8 Å². The number of piperidine rings is 1. The van der Waals surface area contributed by atoms with Crippen LogP contribution >= 0.6 is 11.6 Å². The maximum Gasteiger partial charge on any atom is 0.416 e. The maximum absolute atomic E-state index is 14.7. The van der Waals surface area contributed by atoms with Crippen LogP contribution in [-0.4, -0.2) is 114 Å². The number of carbonyl (C=O) groups is 3. The molecule has 2 aromatic carbocycles. The number of piperazine rings is 1. The molecule has 4 aliphatic heterocycles. The van der Waals surface area contributed by atoms with Crippen LogP contribution in [0.4, 0.5) is 24.5 Å². The molecule has 3 amide bonds. The zero-order valence-electron chi connectivity index (χ0n) is 34.4. The quantitative estimate of drug-likeness (QED) is 0.232. The number of likely N-dealkylation sites (tertiary alicyclic amines) is 1. The van der Waals surface area contributed by atoms with Gasteiger partial charge in [0.2, 0.25) is 17.6 Å². The number of hydrogen-bond donors (Lipinski definition) is 2. The van der Waals surface area contributed by atoms with E-state index in [1.807, 2.05) is 36.1 Å². The highest BCUT2D eigenvalue weighted by Gasteiger charge is 2.51. The molecule has 3 saturated heterocycles. The number of carbonyl (C=O) groups excluding carboxylic acids is 3. The van der Waals surface area contributed by atoms with Gasteiger partial charge in [-0.2, -0.15) is 22.7 Å². The number of halogens is 4. The third-order valence-corrected chi connectivity index (χ3v) is 12.7. The van der Waals surface area contributed by atoms with Crippen LogP contribution in [0.2, 0.25) is 5.02 Å². The van der Waals surface area contributed by atoms with Gasteiger partial charge in [0.1, 0.15) is 18.5 Å². The average Bonchev–Trinajstić information content (AvgIpc) is 3.82. The summed E-state index contributed by atoms with van der Waals surface area (Å²) in [7, 11) is 0. The Bertz CT molecular complexity index is 2720. The summed E-state index contributed by atoms with van der Waals surface area (Å²) in [5.74, 6) is -1.19. The minimum atomic E-state index is -4.65. The number of alkyl halides is 3. The molecule has 1 spiro atoms. The molecule has 7 heterocycles. The summed E-state index contributed by atoms with van der Waals surface area (Å²) in [6.45, 7) is 8.29. The molecule has 63 heavy (non-hydrogen) atoms. The Morgan fingerprint density at radius 2 is 1.68 bits per heavy atom. The van der Waals surface area contributed by atoms with Crippen molar-refractivity contribution in [3.8, 4) is 17.1 Å². The topological polar surface area (TPSA) is 190 Å². The molecule has 3 fully saturated rings. The lowest BCUT2D eigenvalue weighted by atomic mass is 9.85. The van der Waals surface area contributed by atoms with E-state index in [1.165, 1.54) is 15.8 Å². The summed E-state index contributed by atoms with van der Waals surface area (Å²) in [4.78, 5) is 73.3. The van der Waals surface area contributed by atoms with Crippen LogP contribution in [0.25, 0.3) is 17.2 Å². The van der Waals surface area contributed by atoms with Crippen molar-refractivity contribution in [2.75, 3.05) is 62.7 Å². The average molecular weight is 891 g/mol. The number of aryl methyl sites for hydroxylation is 1. The smallest absolute Gasteiger partial charge is 0.416 e. The number of nitrogens with one attached hydrogen (secondary N) is 1. The molecule has 0 bridgehead atoms.